The maximum absolute atomic E-state index is 12.2. The first-order valence-corrected chi connectivity index (χ1v) is 10.1. The van der Waals surface area contributed by atoms with E-state index in [1.54, 1.807) is 0 Å². The molecule has 1 aliphatic carbocycles. The van der Waals surface area contributed by atoms with Gasteiger partial charge < -0.3 is 15.0 Å². The fourth-order valence-corrected chi connectivity index (χ4v) is 4.27. The van der Waals surface area contributed by atoms with Crippen LogP contribution in [-0.4, -0.2) is 41.8 Å². The summed E-state index contributed by atoms with van der Waals surface area (Å²) in [6, 6.07) is 10.7. The van der Waals surface area contributed by atoms with Crippen LogP contribution < -0.4 is 5.32 Å². The molecule has 0 spiro atoms. The number of hydrogen-bond acceptors (Lipinski definition) is 3. The Morgan fingerprint density at radius 2 is 2.00 bits per heavy atom. The number of rotatable bonds is 6. The van der Waals surface area contributed by atoms with E-state index in [0.717, 1.165) is 38.8 Å². The number of nitrogens with one attached hydrogen (secondary N) is 1. The number of benzene rings is 1. The van der Waals surface area contributed by atoms with Crippen LogP contribution in [0.2, 0.25) is 0 Å². The van der Waals surface area contributed by atoms with E-state index in [-0.39, 0.29) is 11.6 Å². The molecule has 1 aromatic rings. The Morgan fingerprint density at radius 1 is 1.27 bits per heavy atom. The predicted octanol–water partition coefficient (Wildman–Crippen LogP) is 4.39. The third-order valence-corrected chi connectivity index (χ3v) is 5.69. The zero-order chi connectivity index (χ0) is 18.6. The van der Waals surface area contributed by atoms with E-state index in [2.05, 4.69) is 40.5 Å². The van der Waals surface area contributed by atoms with Gasteiger partial charge >= 0.3 is 6.09 Å². The van der Waals surface area contributed by atoms with Gasteiger partial charge in [0.1, 0.15) is 5.60 Å². The standard InChI is InChI=1S/C22H34N2O2/c1-21(2,3)26-20(25)23-22(12-7-13-22)16-19-11-15-24(17-19)14-10-18-8-5-4-6-9-18/h4-6,8-9,19H,7,10-17H2,1-3H3,(H,23,25)/t19-/m1/s1. The number of carbonyl (C=O) groups is 1. The third-order valence-electron chi connectivity index (χ3n) is 5.69. The van der Waals surface area contributed by atoms with Crippen LogP contribution in [-0.2, 0) is 11.2 Å². The van der Waals surface area contributed by atoms with Crippen molar-refractivity contribution < 1.29 is 9.53 Å². The van der Waals surface area contributed by atoms with Crippen molar-refractivity contribution in [1.82, 2.24) is 10.2 Å². The van der Waals surface area contributed by atoms with Crippen LogP contribution in [0.15, 0.2) is 30.3 Å². The summed E-state index contributed by atoms with van der Waals surface area (Å²) in [6.45, 7) is 9.22. The highest BCUT2D eigenvalue weighted by Gasteiger charge is 2.42. The van der Waals surface area contributed by atoms with Crippen LogP contribution in [0.3, 0.4) is 0 Å². The Labute approximate surface area is 158 Å². The summed E-state index contributed by atoms with van der Waals surface area (Å²) in [4.78, 5) is 14.8. The molecule has 1 heterocycles. The Bertz CT molecular complexity index is 590. The van der Waals surface area contributed by atoms with E-state index in [9.17, 15) is 4.79 Å². The summed E-state index contributed by atoms with van der Waals surface area (Å²) in [7, 11) is 0. The summed E-state index contributed by atoms with van der Waals surface area (Å²) in [5.41, 5.74) is 0.956. The van der Waals surface area contributed by atoms with Crippen molar-refractivity contribution in [2.75, 3.05) is 19.6 Å². The van der Waals surface area contributed by atoms with Crippen molar-refractivity contribution in [2.24, 2.45) is 5.92 Å². The van der Waals surface area contributed by atoms with Gasteiger partial charge in [0.2, 0.25) is 0 Å². The molecular formula is C22H34N2O2. The average Bonchev–Trinajstić information content (AvgIpc) is 2.97. The Kier molecular flexibility index (Phi) is 5.91. The normalized spacial score (nSPS) is 22.7. The van der Waals surface area contributed by atoms with E-state index < -0.39 is 5.60 Å². The first-order valence-electron chi connectivity index (χ1n) is 10.1. The maximum atomic E-state index is 12.2. The number of nitrogens with zero attached hydrogens (tertiary/aromatic N) is 1. The molecule has 0 bridgehead atoms. The van der Waals surface area contributed by atoms with Gasteiger partial charge in [0.05, 0.1) is 0 Å². The summed E-state index contributed by atoms with van der Waals surface area (Å²) in [5.74, 6) is 0.681. The Balaban J connectivity index is 1.45. The molecule has 2 fully saturated rings. The van der Waals surface area contributed by atoms with Crippen LogP contribution in [0.1, 0.15) is 58.4 Å². The molecular weight excluding hydrogens is 324 g/mol. The molecule has 2 aliphatic rings. The molecule has 0 unspecified atom stereocenters. The summed E-state index contributed by atoms with van der Waals surface area (Å²) in [5, 5.41) is 3.21. The molecule has 3 rings (SSSR count). The molecule has 1 saturated carbocycles. The van der Waals surface area contributed by atoms with E-state index in [1.807, 2.05) is 20.8 Å². The molecule has 144 valence electrons. The number of amides is 1. The van der Waals surface area contributed by atoms with Gasteiger partial charge in [-0.1, -0.05) is 30.3 Å². The van der Waals surface area contributed by atoms with Gasteiger partial charge in [-0.2, -0.15) is 0 Å². The van der Waals surface area contributed by atoms with Crippen LogP contribution >= 0.6 is 0 Å². The van der Waals surface area contributed by atoms with Crippen LogP contribution in [0, 0.1) is 5.92 Å². The second kappa shape index (κ2) is 7.99. The lowest BCUT2D eigenvalue weighted by Gasteiger charge is -2.44. The quantitative estimate of drug-likeness (QED) is 0.820. The lowest BCUT2D eigenvalue weighted by Crippen LogP contribution is -2.55. The summed E-state index contributed by atoms with van der Waals surface area (Å²) in [6.07, 6.45) is 6.59. The van der Waals surface area contributed by atoms with E-state index in [0.29, 0.717) is 5.92 Å². The molecule has 0 aromatic heterocycles. The highest BCUT2D eigenvalue weighted by Crippen LogP contribution is 2.39. The van der Waals surface area contributed by atoms with Gasteiger partial charge in [0, 0.05) is 18.6 Å². The number of hydrogen-bond donors (Lipinski definition) is 1. The predicted molar refractivity (Wildman–Crippen MR) is 105 cm³/mol. The van der Waals surface area contributed by atoms with Crippen molar-refractivity contribution in [3.63, 3.8) is 0 Å². The van der Waals surface area contributed by atoms with Crippen LogP contribution in [0.25, 0.3) is 0 Å². The molecule has 26 heavy (non-hydrogen) atoms. The maximum Gasteiger partial charge on any atom is 0.408 e. The van der Waals surface area contributed by atoms with Gasteiger partial charge in [0.15, 0.2) is 0 Å². The second-order valence-corrected chi connectivity index (χ2v) is 9.16. The molecule has 0 radical (unpaired) electrons. The zero-order valence-electron chi connectivity index (χ0n) is 16.6. The monoisotopic (exact) mass is 358 g/mol. The van der Waals surface area contributed by atoms with Gasteiger partial charge in [-0.3, -0.25) is 0 Å². The zero-order valence-corrected chi connectivity index (χ0v) is 16.6. The first-order chi connectivity index (χ1) is 12.3. The lowest BCUT2D eigenvalue weighted by atomic mass is 9.71. The first kappa shape index (κ1) is 19.2. The third kappa shape index (κ3) is 5.47. The Morgan fingerprint density at radius 3 is 2.62 bits per heavy atom. The Hall–Kier alpha value is -1.55. The van der Waals surface area contributed by atoms with Gasteiger partial charge in [-0.05, 0) is 77.3 Å². The van der Waals surface area contributed by atoms with Crippen molar-refractivity contribution in [3.05, 3.63) is 35.9 Å². The van der Waals surface area contributed by atoms with E-state index >= 15 is 0 Å². The van der Waals surface area contributed by atoms with Crippen molar-refractivity contribution >= 4 is 6.09 Å². The largest absolute Gasteiger partial charge is 0.444 e. The second-order valence-electron chi connectivity index (χ2n) is 9.16. The smallest absolute Gasteiger partial charge is 0.408 e. The molecule has 1 N–H and O–H groups in total. The fourth-order valence-electron chi connectivity index (χ4n) is 4.27. The highest BCUT2D eigenvalue weighted by atomic mass is 16.6. The van der Waals surface area contributed by atoms with Gasteiger partial charge in [-0.25, -0.2) is 4.79 Å². The highest BCUT2D eigenvalue weighted by molar-refractivity contribution is 5.69. The van der Waals surface area contributed by atoms with Crippen molar-refractivity contribution in [3.8, 4) is 0 Å². The minimum Gasteiger partial charge on any atom is -0.444 e. The lowest BCUT2D eigenvalue weighted by molar-refractivity contribution is 0.0346. The molecule has 1 aliphatic heterocycles. The molecule has 1 saturated heterocycles. The summed E-state index contributed by atoms with van der Waals surface area (Å²) >= 11 is 0. The van der Waals surface area contributed by atoms with Crippen molar-refractivity contribution in [2.45, 2.75) is 70.4 Å². The molecule has 1 aromatic carbocycles. The van der Waals surface area contributed by atoms with Gasteiger partial charge in [-0.15, -0.1) is 0 Å². The van der Waals surface area contributed by atoms with Crippen molar-refractivity contribution in [1.29, 1.82) is 0 Å². The van der Waals surface area contributed by atoms with Crippen LogP contribution in [0.5, 0.6) is 0 Å². The average molecular weight is 359 g/mol. The summed E-state index contributed by atoms with van der Waals surface area (Å²) < 4.78 is 5.48. The molecule has 4 nitrogen and oxygen atoms in total. The number of likely N-dealkylation sites (tertiary alicyclic amines) is 1. The van der Waals surface area contributed by atoms with E-state index in [1.165, 1.54) is 24.9 Å². The number of ether oxygens (including phenoxy) is 1. The minimum absolute atomic E-state index is 0.0254. The molecule has 1 amide bonds. The topological polar surface area (TPSA) is 41.6 Å². The molecule has 4 heteroatoms. The van der Waals surface area contributed by atoms with Crippen LogP contribution in [0.4, 0.5) is 4.79 Å². The number of alkyl carbamates (subject to hydrolysis) is 1. The SMILES string of the molecule is CC(C)(C)OC(=O)NC1(C[C@H]2CCN(CCc3ccccc3)C2)CCC1. The number of carbonyl (C=O) groups excluding carboxylic acids is 1. The van der Waals surface area contributed by atoms with Gasteiger partial charge in [0.25, 0.3) is 0 Å². The fraction of sp³-hybridized carbons (Fsp3) is 0.682. The molecule has 1 atom stereocenters. The van der Waals surface area contributed by atoms with E-state index in [4.69, 9.17) is 4.74 Å². The minimum atomic E-state index is -0.434.